The number of aryl methyl sites for hydroxylation is 1. The maximum absolute atomic E-state index is 9.46. The molecule has 3 nitrogen and oxygen atoms in total. The van der Waals surface area contributed by atoms with Crippen LogP contribution in [0.3, 0.4) is 0 Å². The van der Waals surface area contributed by atoms with Crippen LogP contribution in [0.2, 0.25) is 0 Å². The van der Waals surface area contributed by atoms with Crippen molar-refractivity contribution in [2.75, 3.05) is 0 Å². The van der Waals surface area contributed by atoms with E-state index in [9.17, 15) is 5.11 Å². The maximum atomic E-state index is 9.46. The molecule has 1 aliphatic carbocycles. The number of rotatable bonds is 0. The maximum Gasteiger partial charge on any atom is 0.0978 e. The molecule has 1 atom stereocenters. The molecule has 0 saturated heterocycles. The fourth-order valence-corrected chi connectivity index (χ4v) is 1.45. The lowest BCUT2D eigenvalue weighted by Crippen LogP contribution is -2.12. The van der Waals surface area contributed by atoms with Crippen molar-refractivity contribution >= 4 is 0 Å². The van der Waals surface area contributed by atoms with Crippen LogP contribution in [0.15, 0.2) is 12.4 Å². The average molecular weight is 150 g/mol. The highest BCUT2D eigenvalue weighted by Crippen LogP contribution is 2.25. The minimum absolute atomic E-state index is 0.382. The summed E-state index contributed by atoms with van der Waals surface area (Å²) in [6.07, 6.45) is 5.73. The third-order valence-electron chi connectivity index (χ3n) is 2.01. The number of aliphatic hydroxyl groups is 1. The molecule has 1 aromatic rings. The number of fused-ring (bicyclic) bond motifs is 1. The van der Waals surface area contributed by atoms with Gasteiger partial charge in [0, 0.05) is 12.4 Å². The second-order valence-corrected chi connectivity index (χ2v) is 2.80. The van der Waals surface area contributed by atoms with Crippen molar-refractivity contribution < 1.29 is 5.11 Å². The minimum Gasteiger partial charge on any atom is -0.387 e. The molecule has 0 spiro atoms. The molecular formula is C8H10N2O. The lowest BCUT2D eigenvalue weighted by Gasteiger charge is -2.17. The van der Waals surface area contributed by atoms with E-state index in [1.807, 2.05) is 0 Å². The Labute approximate surface area is 65.1 Å². The molecule has 0 aliphatic heterocycles. The van der Waals surface area contributed by atoms with Crippen LogP contribution >= 0.6 is 0 Å². The quantitative estimate of drug-likeness (QED) is 0.596. The SMILES string of the molecule is O[C@H]1CCCc2nccnc21. The molecule has 0 unspecified atom stereocenters. The Morgan fingerprint density at radius 3 is 3.00 bits per heavy atom. The third-order valence-corrected chi connectivity index (χ3v) is 2.01. The molecule has 0 amide bonds. The molecule has 0 aromatic carbocycles. The monoisotopic (exact) mass is 150 g/mol. The number of nitrogens with zero attached hydrogens (tertiary/aromatic N) is 2. The number of hydrogen-bond donors (Lipinski definition) is 1. The van der Waals surface area contributed by atoms with Crippen LogP contribution in [-0.2, 0) is 6.42 Å². The summed E-state index contributed by atoms with van der Waals surface area (Å²) < 4.78 is 0. The summed E-state index contributed by atoms with van der Waals surface area (Å²) in [6, 6.07) is 0. The van der Waals surface area contributed by atoms with E-state index in [2.05, 4.69) is 9.97 Å². The van der Waals surface area contributed by atoms with E-state index in [0.29, 0.717) is 0 Å². The summed E-state index contributed by atoms with van der Waals surface area (Å²) in [4.78, 5) is 8.23. The fourth-order valence-electron chi connectivity index (χ4n) is 1.45. The van der Waals surface area contributed by atoms with Crippen LogP contribution < -0.4 is 0 Å². The Kier molecular flexibility index (Phi) is 1.58. The van der Waals surface area contributed by atoms with Crippen LogP contribution in [0, 0.1) is 0 Å². The molecule has 1 N–H and O–H groups in total. The zero-order valence-electron chi connectivity index (χ0n) is 6.20. The van der Waals surface area contributed by atoms with Gasteiger partial charge in [-0.1, -0.05) is 0 Å². The summed E-state index contributed by atoms with van der Waals surface area (Å²) in [5.74, 6) is 0. The molecule has 1 aliphatic rings. The van der Waals surface area contributed by atoms with E-state index in [1.54, 1.807) is 12.4 Å². The molecule has 0 fully saturated rings. The van der Waals surface area contributed by atoms with Crippen molar-refractivity contribution in [2.45, 2.75) is 25.4 Å². The van der Waals surface area contributed by atoms with Crippen LogP contribution in [0.5, 0.6) is 0 Å². The van der Waals surface area contributed by atoms with Gasteiger partial charge in [-0.2, -0.15) is 0 Å². The Hall–Kier alpha value is -0.960. The van der Waals surface area contributed by atoms with Crippen LogP contribution in [0.1, 0.15) is 30.3 Å². The van der Waals surface area contributed by atoms with Gasteiger partial charge in [-0.05, 0) is 19.3 Å². The van der Waals surface area contributed by atoms with Gasteiger partial charge >= 0.3 is 0 Å². The van der Waals surface area contributed by atoms with E-state index in [1.165, 1.54) is 0 Å². The first kappa shape index (κ1) is 6.73. The van der Waals surface area contributed by atoms with Crippen LogP contribution in [0.4, 0.5) is 0 Å². The van der Waals surface area contributed by atoms with Crippen molar-refractivity contribution in [2.24, 2.45) is 0 Å². The highest BCUT2D eigenvalue weighted by molar-refractivity contribution is 5.16. The normalized spacial score (nSPS) is 22.8. The summed E-state index contributed by atoms with van der Waals surface area (Å²) in [5, 5.41) is 9.46. The van der Waals surface area contributed by atoms with Crippen LogP contribution in [-0.4, -0.2) is 15.1 Å². The first-order chi connectivity index (χ1) is 5.38. The lowest BCUT2D eigenvalue weighted by atomic mass is 9.98. The predicted molar refractivity (Wildman–Crippen MR) is 39.9 cm³/mol. The molecular weight excluding hydrogens is 140 g/mol. The molecule has 0 bridgehead atoms. The van der Waals surface area contributed by atoms with Crippen molar-refractivity contribution in [1.82, 2.24) is 9.97 Å². The van der Waals surface area contributed by atoms with Crippen LogP contribution in [0.25, 0.3) is 0 Å². The average Bonchev–Trinajstić information content (AvgIpc) is 2.06. The van der Waals surface area contributed by atoms with Crippen molar-refractivity contribution in [3.05, 3.63) is 23.8 Å². The van der Waals surface area contributed by atoms with Gasteiger partial charge in [0.25, 0.3) is 0 Å². The summed E-state index contributed by atoms with van der Waals surface area (Å²) in [5.41, 5.74) is 1.74. The molecule has 1 aromatic heterocycles. The molecule has 1 heterocycles. The Morgan fingerprint density at radius 2 is 2.18 bits per heavy atom. The zero-order valence-corrected chi connectivity index (χ0v) is 6.20. The first-order valence-electron chi connectivity index (χ1n) is 3.86. The molecule has 0 radical (unpaired) electrons. The van der Waals surface area contributed by atoms with Gasteiger partial charge in [0.1, 0.15) is 0 Å². The molecule has 2 rings (SSSR count). The van der Waals surface area contributed by atoms with E-state index in [4.69, 9.17) is 0 Å². The molecule has 11 heavy (non-hydrogen) atoms. The molecule has 0 saturated carbocycles. The van der Waals surface area contributed by atoms with Crippen molar-refractivity contribution in [1.29, 1.82) is 0 Å². The molecule has 58 valence electrons. The second kappa shape index (κ2) is 2.58. The molecule has 3 heteroatoms. The summed E-state index contributed by atoms with van der Waals surface area (Å²) in [7, 11) is 0. The Morgan fingerprint density at radius 1 is 1.36 bits per heavy atom. The highest BCUT2D eigenvalue weighted by Gasteiger charge is 2.19. The number of aliphatic hydroxyl groups excluding tert-OH is 1. The van der Waals surface area contributed by atoms with E-state index >= 15 is 0 Å². The largest absolute Gasteiger partial charge is 0.387 e. The predicted octanol–water partition coefficient (Wildman–Crippen LogP) is 0.846. The smallest absolute Gasteiger partial charge is 0.0978 e. The van der Waals surface area contributed by atoms with Gasteiger partial charge in [-0.25, -0.2) is 0 Å². The number of hydrogen-bond acceptors (Lipinski definition) is 3. The van der Waals surface area contributed by atoms with Crippen molar-refractivity contribution in [3.8, 4) is 0 Å². The standard InChI is InChI=1S/C8H10N2O/c11-7-3-1-2-6-8(7)10-5-4-9-6/h4-5,7,11H,1-3H2/t7-/m0/s1. The Balaban J connectivity index is 2.44. The van der Waals surface area contributed by atoms with E-state index in [-0.39, 0.29) is 6.10 Å². The van der Waals surface area contributed by atoms with Gasteiger partial charge in [0.05, 0.1) is 17.5 Å². The summed E-state index contributed by atoms with van der Waals surface area (Å²) >= 11 is 0. The van der Waals surface area contributed by atoms with Gasteiger partial charge in [0.2, 0.25) is 0 Å². The topological polar surface area (TPSA) is 46.0 Å². The Bertz CT molecular complexity index is 262. The second-order valence-electron chi connectivity index (χ2n) is 2.80. The van der Waals surface area contributed by atoms with Gasteiger partial charge in [-0.3, -0.25) is 9.97 Å². The number of aromatic nitrogens is 2. The highest BCUT2D eigenvalue weighted by atomic mass is 16.3. The third kappa shape index (κ3) is 1.12. The fraction of sp³-hybridized carbons (Fsp3) is 0.500. The van der Waals surface area contributed by atoms with E-state index in [0.717, 1.165) is 30.7 Å². The minimum atomic E-state index is -0.382. The van der Waals surface area contributed by atoms with Gasteiger partial charge in [0.15, 0.2) is 0 Å². The van der Waals surface area contributed by atoms with Crippen molar-refractivity contribution in [3.63, 3.8) is 0 Å². The van der Waals surface area contributed by atoms with Gasteiger partial charge < -0.3 is 5.11 Å². The zero-order chi connectivity index (χ0) is 7.68. The van der Waals surface area contributed by atoms with E-state index < -0.39 is 0 Å². The van der Waals surface area contributed by atoms with Gasteiger partial charge in [-0.15, -0.1) is 0 Å². The summed E-state index contributed by atoms with van der Waals surface area (Å²) in [6.45, 7) is 0. The lowest BCUT2D eigenvalue weighted by molar-refractivity contribution is 0.150. The first-order valence-corrected chi connectivity index (χ1v) is 3.86.